The van der Waals surface area contributed by atoms with Gasteiger partial charge in [-0.1, -0.05) is 45.7 Å². The van der Waals surface area contributed by atoms with Crippen molar-refractivity contribution < 1.29 is 0 Å². The molecule has 0 saturated carbocycles. The zero-order valence-electron chi connectivity index (χ0n) is 15.1. The Morgan fingerprint density at radius 3 is 2.50 bits per heavy atom. The van der Waals surface area contributed by atoms with Crippen molar-refractivity contribution in [2.75, 3.05) is 0 Å². The fourth-order valence-corrected chi connectivity index (χ4v) is 3.38. The second kappa shape index (κ2) is 8.11. The van der Waals surface area contributed by atoms with Crippen molar-refractivity contribution >= 4 is 33.7 Å². The topological polar surface area (TPSA) is 29.3 Å². The molecule has 3 aromatic rings. The molecule has 0 fully saturated rings. The Kier molecular flexibility index (Phi) is 5.84. The summed E-state index contributed by atoms with van der Waals surface area (Å²) in [6.07, 6.45) is 1.87. The second-order valence-electron chi connectivity index (χ2n) is 6.31. The molecular weight excluding hydrogens is 410 g/mol. The van der Waals surface area contributed by atoms with Crippen molar-refractivity contribution in [3.63, 3.8) is 0 Å². The minimum atomic E-state index is 0.664. The Labute approximate surface area is 167 Å². The van der Waals surface area contributed by atoms with Crippen molar-refractivity contribution in [3.8, 4) is 5.69 Å². The molecule has 0 aliphatic rings. The number of rotatable bonds is 5. The molecular formula is C21H21BrClN3. The van der Waals surface area contributed by atoms with Crippen LogP contribution in [0.1, 0.15) is 28.1 Å². The lowest BCUT2D eigenvalue weighted by molar-refractivity contribution is 0.748. The summed E-state index contributed by atoms with van der Waals surface area (Å²) in [5.74, 6) is 0. The lowest BCUT2D eigenvalue weighted by Gasteiger charge is -2.11. The SMILES string of the molecule is Cc1ccc(-n2c(C)cc(/C=N\NCc3ccc(Cl)cc3)c2C)cc1Br. The molecule has 0 saturated heterocycles. The van der Waals surface area contributed by atoms with Gasteiger partial charge in [-0.3, -0.25) is 0 Å². The Hall–Kier alpha value is -2.04. The van der Waals surface area contributed by atoms with Gasteiger partial charge in [-0.25, -0.2) is 0 Å². The van der Waals surface area contributed by atoms with Crippen LogP contribution in [-0.2, 0) is 6.54 Å². The fourth-order valence-electron chi connectivity index (χ4n) is 2.89. The molecule has 0 atom stereocenters. The van der Waals surface area contributed by atoms with Gasteiger partial charge in [0.05, 0.1) is 12.8 Å². The van der Waals surface area contributed by atoms with E-state index in [1.54, 1.807) is 0 Å². The predicted molar refractivity (Wildman–Crippen MR) is 114 cm³/mol. The average Bonchev–Trinajstić information content (AvgIpc) is 2.90. The van der Waals surface area contributed by atoms with E-state index < -0.39 is 0 Å². The third kappa shape index (κ3) is 4.19. The summed E-state index contributed by atoms with van der Waals surface area (Å²) in [6.45, 7) is 6.98. The second-order valence-corrected chi connectivity index (χ2v) is 7.61. The molecule has 0 amide bonds. The summed E-state index contributed by atoms with van der Waals surface area (Å²) in [7, 11) is 0. The molecule has 2 aromatic carbocycles. The van der Waals surface area contributed by atoms with Gasteiger partial charge in [-0.2, -0.15) is 5.10 Å². The Morgan fingerprint density at radius 2 is 1.81 bits per heavy atom. The highest BCUT2D eigenvalue weighted by atomic mass is 79.9. The molecule has 3 rings (SSSR count). The number of benzene rings is 2. The van der Waals surface area contributed by atoms with Crippen LogP contribution in [0.4, 0.5) is 0 Å². The molecule has 0 bridgehead atoms. The number of hydrogen-bond acceptors (Lipinski definition) is 2. The molecule has 0 radical (unpaired) electrons. The van der Waals surface area contributed by atoms with Crippen LogP contribution in [0.2, 0.25) is 5.02 Å². The maximum absolute atomic E-state index is 5.90. The summed E-state index contributed by atoms with van der Waals surface area (Å²) in [6, 6.07) is 16.3. The number of halogens is 2. The zero-order chi connectivity index (χ0) is 18.7. The smallest absolute Gasteiger partial charge is 0.0580 e. The number of hydrogen-bond donors (Lipinski definition) is 1. The van der Waals surface area contributed by atoms with Crippen LogP contribution in [0.3, 0.4) is 0 Å². The van der Waals surface area contributed by atoms with E-state index in [0.29, 0.717) is 6.54 Å². The third-order valence-electron chi connectivity index (χ3n) is 4.38. The molecule has 134 valence electrons. The first-order chi connectivity index (χ1) is 12.5. The van der Waals surface area contributed by atoms with Crippen molar-refractivity contribution in [2.45, 2.75) is 27.3 Å². The van der Waals surface area contributed by atoms with E-state index in [4.69, 9.17) is 11.6 Å². The first-order valence-electron chi connectivity index (χ1n) is 8.41. The summed E-state index contributed by atoms with van der Waals surface area (Å²) >= 11 is 9.52. The van der Waals surface area contributed by atoms with Crippen LogP contribution in [0, 0.1) is 20.8 Å². The molecule has 5 heteroatoms. The van der Waals surface area contributed by atoms with Crippen molar-refractivity contribution in [1.82, 2.24) is 9.99 Å². The standard InChI is InChI=1S/C21H21BrClN3/c1-14-4-9-20(11-21(14)22)26-15(2)10-18(16(26)3)13-25-24-12-17-5-7-19(23)8-6-17/h4-11,13,24H,12H2,1-3H3/b25-13-. The van der Waals surface area contributed by atoms with Gasteiger partial charge in [-0.15, -0.1) is 0 Å². The maximum atomic E-state index is 5.90. The van der Waals surface area contributed by atoms with E-state index in [1.165, 1.54) is 11.3 Å². The number of hydrazone groups is 1. The Bertz CT molecular complexity index is 943. The van der Waals surface area contributed by atoms with E-state index in [-0.39, 0.29) is 0 Å². The van der Waals surface area contributed by atoms with E-state index in [1.807, 2.05) is 30.5 Å². The molecule has 1 heterocycles. The largest absolute Gasteiger partial charge is 0.318 e. The van der Waals surface area contributed by atoms with E-state index in [2.05, 4.69) is 76.1 Å². The van der Waals surface area contributed by atoms with Crippen molar-refractivity contribution in [1.29, 1.82) is 0 Å². The molecule has 1 N–H and O–H groups in total. The molecule has 1 aromatic heterocycles. The number of aryl methyl sites for hydroxylation is 2. The van der Waals surface area contributed by atoms with Crippen LogP contribution < -0.4 is 5.43 Å². The quantitative estimate of drug-likeness (QED) is 0.394. The third-order valence-corrected chi connectivity index (χ3v) is 5.48. The summed E-state index contributed by atoms with van der Waals surface area (Å²) in [5, 5.41) is 5.11. The average molecular weight is 431 g/mol. The first kappa shape index (κ1) is 18.7. The van der Waals surface area contributed by atoms with Gasteiger partial charge in [0.2, 0.25) is 0 Å². The van der Waals surface area contributed by atoms with Crippen molar-refractivity contribution in [3.05, 3.63) is 86.1 Å². The van der Waals surface area contributed by atoms with Gasteiger partial charge >= 0.3 is 0 Å². The summed E-state index contributed by atoms with van der Waals surface area (Å²) < 4.78 is 3.35. The van der Waals surface area contributed by atoms with Gasteiger partial charge in [0.1, 0.15) is 0 Å². The van der Waals surface area contributed by atoms with Gasteiger partial charge < -0.3 is 9.99 Å². The van der Waals surface area contributed by atoms with Crippen LogP contribution >= 0.6 is 27.5 Å². The van der Waals surface area contributed by atoms with Gasteiger partial charge in [-0.05, 0) is 62.2 Å². The lowest BCUT2D eigenvalue weighted by Crippen LogP contribution is -2.05. The van der Waals surface area contributed by atoms with Crippen LogP contribution in [0.5, 0.6) is 0 Å². The molecule has 3 nitrogen and oxygen atoms in total. The molecule has 0 unspecified atom stereocenters. The number of nitrogens with one attached hydrogen (secondary N) is 1. The van der Waals surface area contributed by atoms with Crippen molar-refractivity contribution in [2.24, 2.45) is 5.10 Å². The van der Waals surface area contributed by atoms with E-state index in [0.717, 1.165) is 32.0 Å². The lowest BCUT2D eigenvalue weighted by atomic mass is 10.2. The van der Waals surface area contributed by atoms with E-state index >= 15 is 0 Å². The van der Waals surface area contributed by atoms with Gasteiger partial charge in [0, 0.05) is 32.1 Å². The molecule has 0 aliphatic heterocycles. The summed E-state index contributed by atoms with van der Waals surface area (Å²) in [4.78, 5) is 0. The molecule has 0 aliphatic carbocycles. The Balaban J connectivity index is 1.75. The van der Waals surface area contributed by atoms with Crippen LogP contribution in [0.15, 0.2) is 58.1 Å². The van der Waals surface area contributed by atoms with Gasteiger partial charge in [0.25, 0.3) is 0 Å². The van der Waals surface area contributed by atoms with Crippen LogP contribution in [0.25, 0.3) is 5.69 Å². The fraction of sp³-hybridized carbons (Fsp3) is 0.190. The summed E-state index contributed by atoms with van der Waals surface area (Å²) in [5.41, 5.74) is 10.0. The minimum absolute atomic E-state index is 0.664. The highest BCUT2D eigenvalue weighted by molar-refractivity contribution is 9.10. The normalized spacial score (nSPS) is 11.3. The molecule has 0 spiro atoms. The maximum Gasteiger partial charge on any atom is 0.0580 e. The highest BCUT2D eigenvalue weighted by Gasteiger charge is 2.10. The Morgan fingerprint density at radius 1 is 1.08 bits per heavy atom. The monoisotopic (exact) mass is 429 g/mol. The predicted octanol–water partition coefficient (Wildman–Crippen LogP) is 5.94. The highest BCUT2D eigenvalue weighted by Crippen LogP contribution is 2.24. The zero-order valence-corrected chi connectivity index (χ0v) is 17.4. The molecule has 26 heavy (non-hydrogen) atoms. The number of aromatic nitrogens is 1. The number of nitrogens with zero attached hydrogens (tertiary/aromatic N) is 2. The van der Waals surface area contributed by atoms with E-state index in [9.17, 15) is 0 Å². The minimum Gasteiger partial charge on any atom is -0.318 e. The van der Waals surface area contributed by atoms with Crippen LogP contribution in [-0.4, -0.2) is 10.8 Å². The van der Waals surface area contributed by atoms with Gasteiger partial charge in [0.15, 0.2) is 0 Å². The first-order valence-corrected chi connectivity index (χ1v) is 9.58.